The summed E-state index contributed by atoms with van der Waals surface area (Å²) in [5, 5.41) is 1.53. The zero-order chi connectivity index (χ0) is 12.0. The molecule has 0 radical (unpaired) electrons. The highest BCUT2D eigenvalue weighted by atomic mass is 28.3. The molecule has 0 atom stereocenters. The fraction of sp³-hybridized carbons (Fsp3) is 0.467. The van der Waals surface area contributed by atoms with E-state index in [2.05, 4.69) is 63.0 Å². The first kappa shape index (κ1) is 13.2. The van der Waals surface area contributed by atoms with Gasteiger partial charge in [0.05, 0.1) is 0 Å². The molecule has 88 valence electrons. The largest absolute Gasteiger partial charge is 0.104 e. The maximum absolute atomic E-state index is 2.55. The molecule has 1 heteroatoms. The van der Waals surface area contributed by atoms with E-state index < -0.39 is 8.07 Å². The van der Waals surface area contributed by atoms with E-state index >= 15 is 0 Å². The van der Waals surface area contributed by atoms with Crippen LogP contribution in [0.3, 0.4) is 0 Å². The lowest BCUT2D eigenvalue weighted by Crippen LogP contribution is -2.39. The highest BCUT2D eigenvalue weighted by Crippen LogP contribution is 2.13. The van der Waals surface area contributed by atoms with Crippen LogP contribution >= 0.6 is 0 Å². The molecule has 1 rings (SSSR count). The highest BCUT2D eigenvalue weighted by molar-refractivity contribution is 6.94. The van der Waals surface area contributed by atoms with Crippen molar-refractivity contribution >= 4 is 13.3 Å². The molecule has 0 heterocycles. The first-order valence-corrected chi connectivity index (χ1v) is 9.38. The van der Waals surface area contributed by atoms with Crippen molar-refractivity contribution in [2.45, 2.75) is 46.2 Å². The summed E-state index contributed by atoms with van der Waals surface area (Å²) in [5.74, 6) is 0. The van der Waals surface area contributed by atoms with Gasteiger partial charge in [-0.15, -0.1) is 0 Å². The lowest BCUT2D eigenvalue weighted by atomic mass is 10.2. The van der Waals surface area contributed by atoms with Crippen LogP contribution in [0.1, 0.15) is 33.1 Å². The number of rotatable bonds is 5. The second-order valence-electron chi connectivity index (χ2n) is 5.18. The van der Waals surface area contributed by atoms with E-state index in [-0.39, 0.29) is 0 Å². The minimum absolute atomic E-state index is 1.26. The summed E-state index contributed by atoms with van der Waals surface area (Å²) in [6.45, 7) is 9.40. The van der Waals surface area contributed by atoms with E-state index in [1.165, 1.54) is 24.4 Å². The Morgan fingerprint density at radius 2 is 1.81 bits per heavy atom. The van der Waals surface area contributed by atoms with Crippen LogP contribution in [0.2, 0.25) is 13.1 Å². The third kappa shape index (κ3) is 3.97. The minimum Gasteiger partial charge on any atom is -0.0913 e. The second-order valence-corrected chi connectivity index (χ2v) is 9.49. The summed E-state index contributed by atoms with van der Waals surface area (Å²) < 4.78 is 0. The molecule has 0 aliphatic rings. The van der Waals surface area contributed by atoms with Gasteiger partial charge in [-0.05, 0) is 19.8 Å². The van der Waals surface area contributed by atoms with Gasteiger partial charge in [0.1, 0.15) is 8.07 Å². The summed E-state index contributed by atoms with van der Waals surface area (Å²) in [7, 11) is -1.35. The quantitative estimate of drug-likeness (QED) is 0.665. The van der Waals surface area contributed by atoms with Gasteiger partial charge < -0.3 is 0 Å². The molecule has 0 nitrogen and oxygen atoms in total. The average molecular weight is 232 g/mol. The molecule has 0 aliphatic carbocycles. The first-order chi connectivity index (χ1) is 7.56. The molecule has 0 aliphatic heterocycles. The van der Waals surface area contributed by atoms with Gasteiger partial charge in [-0.2, -0.15) is 0 Å². The van der Waals surface area contributed by atoms with Crippen LogP contribution in [-0.2, 0) is 0 Å². The Kier molecular flexibility index (Phi) is 5.00. The van der Waals surface area contributed by atoms with Crippen LogP contribution in [-0.4, -0.2) is 8.07 Å². The van der Waals surface area contributed by atoms with Crippen LogP contribution in [0, 0.1) is 0 Å². The SMILES string of the molecule is CCCC/C(C)=C/[Si](C)(C)c1ccccc1. The molecule has 0 N–H and O–H groups in total. The predicted molar refractivity (Wildman–Crippen MR) is 76.8 cm³/mol. The van der Waals surface area contributed by atoms with Gasteiger partial charge in [0.15, 0.2) is 0 Å². The fourth-order valence-electron chi connectivity index (χ4n) is 2.09. The third-order valence-electron chi connectivity index (χ3n) is 3.05. The van der Waals surface area contributed by atoms with Crippen molar-refractivity contribution in [1.29, 1.82) is 0 Å². The number of hydrogen-bond donors (Lipinski definition) is 0. The molecule has 0 spiro atoms. The van der Waals surface area contributed by atoms with Crippen molar-refractivity contribution in [3.05, 3.63) is 41.6 Å². The monoisotopic (exact) mass is 232 g/mol. The molecule has 1 aromatic carbocycles. The maximum atomic E-state index is 2.55. The zero-order valence-corrected chi connectivity index (χ0v) is 12.1. The number of allylic oxidation sites excluding steroid dienone is 1. The third-order valence-corrected chi connectivity index (χ3v) is 6.09. The smallest absolute Gasteiger partial charge is 0.0913 e. The molecular weight excluding hydrogens is 208 g/mol. The topological polar surface area (TPSA) is 0 Å². The Morgan fingerprint density at radius 1 is 1.19 bits per heavy atom. The highest BCUT2D eigenvalue weighted by Gasteiger charge is 2.19. The van der Waals surface area contributed by atoms with E-state index in [9.17, 15) is 0 Å². The molecule has 0 aromatic heterocycles. The summed E-state index contributed by atoms with van der Waals surface area (Å²) in [6, 6.07) is 11.0. The Hall–Kier alpha value is -0.823. The van der Waals surface area contributed by atoms with E-state index in [1.807, 2.05) is 0 Å². The molecule has 0 fully saturated rings. The molecular formula is C15H24Si. The van der Waals surface area contributed by atoms with Crippen LogP contribution in [0.4, 0.5) is 0 Å². The number of benzene rings is 1. The molecule has 1 aromatic rings. The first-order valence-electron chi connectivity index (χ1n) is 6.30. The van der Waals surface area contributed by atoms with Crippen LogP contribution in [0.5, 0.6) is 0 Å². The van der Waals surface area contributed by atoms with Crippen molar-refractivity contribution in [2.24, 2.45) is 0 Å². The van der Waals surface area contributed by atoms with Gasteiger partial charge in [-0.3, -0.25) is 0 Å². The van der Waals surface area contributed by atoms with Gasteiger partial charge >= 0.3 is 0 Å². The lowest BCUT2D eigenvalue weighted by molar-refractivity contribution is 0.788. The van der Waals surface area contributed by atoms with E-state index in [0.29, 0.717) is 0 Å². The Morgan fingerprint density at radius 3 is 2.38 bits per heavy atom. The van der Waals surface area contributed by atoms with Crippen LogP contribution in [0.25, 0.3) is 0 Å². The van der Waals surface area contributed by atoms with E-state index in [1.54, 1.807) is 5.57 Å². The van der Waals surface area contributed by atoms with Crippen molar-refractivity contribution in [3.8, 4) is 0 Å². The summed E-state index contributed by atoms with van der Waals surface area (Å²) in [5.41, 5.74) is 4.13. The summed E-state index contributed by atoms with van der Waals surface area (Å²) >= 11 is 0. The van der Waals surface area contributed by atoms with Gasteiger partial charge in [0.25, 0.3) is 0 Å². The average Bonchev–Trinajstić information content (AvgIpc) is 2.27. The molecule has 0 bridgehead atoms. The molecule has 0 saturated carbocycles. The van der Waals surface area contributed by atoms with Crippen molar-refractivity contribution in [2.75, 3.05) is 0 Å². The zero-order valence-electron chi connectivity index (χ0n) is 11.1. The van der Waals surface area contributed by atoms with Gasteiger partial charge in [0.2, 0.25) is 0 Å². The van der Waals surface area contributed by atoms with Gasteiger partial charge in [0, 0.05) is 0 Å². The second kappa shape index (κ2) is 6.05. The minimum atomic E-state index is -1.35. The van der Waals surface area contributed by atoms with Crippen molar-refractivity contribution in [3.63, 3.8) is 0 Å². The summed E-state index contributed by atoms with van der Waals surface area (Å²) in [4.78, 5) is 0. The number of hydrogen-bond acceptors (Lipinski definition) is 0. The Bertz CT molecular complexity index is 336. The van der Waals surface area contributed by atoms with E-state index in [0.717, 1.165) is 0 Å². The number of unbranched alkanes of at least 4 members (excludes halogenated alkanes) is 1. The maximum Gasteiger partial charge on any atom is 0.104 e. The summed E-state index contributed by atoms with van der Waals surface area (Å²) in [6.07, 6.45) is 3.87. The van der Waals surface area contributed by atoms with Crippen LogP contribution in [0.15, 0.2) is 41.6 Å². The Labute approximate surface area is 101 Å². The molecule has 0 unspecified atom stereocenters. The van der Waals surface area contributed by atoms with Crippen molar-refractivity contribution in [1.82, 2.24) is 0 Å². The normalized spacial score (nSPS) is 12.9. The molecule has 0 saturated heterocycles. The molecule has 0 amide bonds. The standard InChI is InChI=1S/C15H24Si/c1-5-6-10-14(2)13-16(3,4)15-11-8-7-9-12-15/h7-9,11-13H,5-6,10H2,1-4H3/b14-13+. The van der Waals surface area contributed by atoms with Gasteiger partial charge in [-0.25, -0.2) is 0 Å². The fourth-order valence-corrected chi connectivity index (χ4v) is 4.69. The van der Waals surface area contributed by atoms with Crippen molar-refractivity contribution < 1.29 is 0 Å². The lowest BCUT2D eigenvalue weighted by Gasteiger charge is -2.20. The predicted octanol–water partition coefficient (Wildman–Crippen LogP) is 4.28. The molecule has 16 heavy (non-hydrogen) atoms. The van der Waals surface area contributed by atoms with Crippen LogP contribution < -0.4 is 5.19 Å². The Balaban J connectivity index is 2.78. The van der Waals surface area contributed by atoms with Gasteiger partial charge in [-0.1, -0.05) is 73.2 Å². The van der Waals surface area contributed by atoms with E-state index in [4.69, 9.17) is 0 Å².